The van der Waals surface area contributed by atoms with Crippen molar-refractivity contribution in [3.63, 3.8) is 0 Å². The minimum absolute atomic E-state index is 0.120. The number of nitrogens with zero attached hydrogens (tertiary/aromatic N) is 2. The average Bonchev–Trinajstić information content (AvgIpc) is 3.06. The predicted molar refractivity (Wildman–Crippen MR) is 73.1 cm³/mol. The van der Waals surface area contributed by atoms with Crippen molar-refractivity contribution in [2.45, 2.75) is 19.4 Å². The monoisotopic (exact) mass is 280 g/mol. The van der Waals surface area contributed by atoms with Crippen molar-refractivity contribution < 1.29 is 14.4 Å². The van der Waals surface area contributed by atoms with Gasteiger partial charge in [0.1, 0.15) is 0 Å². The molecule has 2 heterocycles. The van der Waals surface area contributed by atoms with Crippen molar-refractivity contribution in [3.8, 4) is 10.6 Å². The van der Waals surface area contributed by atoms with Gasteiger partial charge in [-0.15, -0.1) is 11.3 Å². The maximum Gasteiger partial charge on any atom is 0.276 e. The number of rotatable bonds is 4. The van der Waals surface area contributed by atoms with Gasteiger partial charge in [-0.2, -0.15) is 0 Å². The molecule has 19 heavy (non-hydrogen) atoms. The van der Waals surface area contributed by atoms with E-state index in [1.54, 1.807) is 27.0 Å². The van der Waals surface area contributed by atoms with Crippen LogP contribution in [0, 0.1) is 0 Å². The molecule has 0 spiro atoms. The number of hydrogen-bond donors (Lipinski definition) is 1. The molecule has 2 aromatic heterocycles. The van der Waals surface area contributed by atoms with Crippen molar-refractivity contribution in [2.24, 2.45) is 0 Å². The number of thiophene rings is 1. The van der Waals surface area contributed by atoms with Crippen LogP contribution in [0.25, 0.3) is 10.6 Å². The van der Waals surface area contributed by atoms with E-state index in [1.165, 1.54) is 16.2 Å². The summed E-state index contributed by atoms with van der Waals surface area (Å²) in [5, 5.41) is 15.0. The summed E-state index contributed by atoms with van der Waals surface area (Å²) in [7, 11) is 1.64. The van der Waals surface area contributed by atoms with Gasteiger partial charge in [0.25, 0.3) is 5.91 Å². The normalized spacial score (nSPS) is 11.6. The Morgan fingerprint density at radius 1 is 1.58 bits per heavy atom. The van der Waals surface area contributed by atoms with E-state index in [1.807, 2.05) is 17.5 Å². The molecule has 0 atom stereocenters. The molecule has 6 heteroatoms. The Hall–Kier alpha value is -1.66. The van der Waals surface area contributed by atoms with Gasteiger partial charge >= 0.3 is 0 Å². The Bertz CT molecular complexity index is 560. The molecule has 2 rings (SSSR count). The zero-order valence-electron chi connectivity index (χ0n) is 11.1. The van der Waals surface area contributed by atoms with E-state index in [-0.39, 0.29) is 18.2 Å². The first-order valence-corrected chi connectivity index (χ1v) is 6.73. The first-order chi connectivity index (χ1) is 8.95. The smallest absolute Gasteiger partial charge is 0.276 e. The fourth-order valence-electron chi connectivity index (χ4n) is 1.46. The number of likely N-dealkylation sites (N-methyl/N-ethyl adjacent to an activating group) is 1. The lowest BCUT2D eigenvalue weighted by molar-refractivity contribution is 0.0464. The van der Waals surface area contributed by atoms with Gasteiger partial charge < -0.3 is 14.5 Å². The highest BCUT2D eigenvalue weighted by atomic mass is 32.1. The molecule has 1 N–H and O–H groups in total. The van der Waals surface area contributed by atoms with E-state index in [0.717, 1.165) is 4.88 Å². The topological polar surface area (TPSA) is 66.6 Å². The SMILES string of the molecule is CN(C(=O)c1cc(-c2cccs2)on1)C(C)(C)CO. The minimum atomic E-state index is -0.640. The van der Waals surface area contributed by atoms with Crippen LogP contribution in [0.3, 0.4) is 0 Å². The van der Waals surface area contributed by atoms with E-state index < -0.39 is 5.54 Å². The first-order valence-electron chi connectivity index (χ1n) is 5.85. The molecule has 0 saturated carbocycles. The molecule has 1 amide bonds. The predicted octanol–water partition coefficient (Wildman–Crippen LogP) is 2.25. The van der Waals surface area contributed by atoms with Crippen molar-refractivity contribution >= 4 is 17.2 Å². The molecule has 0 saturated heterocycles. The van der Waals surface area contributed by atoms with E-state index in [2.05, 4.69) is 5.16 Å². The second-order valence-corrected chi connectivity index (χ2v) is 5.84. The van der Waals surface area contributed by atoms with Gasteiger partial charge in [0.2, 0.25) is 0 Å². The number of aliphatic hydroxyl groups is 1. The number of amides is 1. The van der Waals surface area contributed by atoms with Crippen LogP contribution < -0.4 is 0 Å². The number of aliphatic hydroxyl groups excluding tert-OH is 1. The third-order valence-electron chi connectivity index (χ3n) is 3.09. The van der Waals surface area contributed by atoms with Crippen LogP contribution in [0.1, 0.15) is 24.3 Å². The standard InChI is InChI=1S/C13H16N2O3S/c1-13(2,8-16)15(3)12(17)9-7-10(18-14-9)11-5-4-6-19-11/h4-7,16H,8H2,1-3H3. The summed E-state index contributed by atoms with van der Waals surface area (Å²) in [5.41, 5.74) is -0.397. The molecule has 2 aromatic rings. The van der Waals surface area contributed by atoms with Crippen LogP contribution in [0.5, 0.6) is 0 Å². The second kappa shape index (κ2) is 5.14. The van der Waals surface area contributed by atoms with Crippen LogP contribution in [-0.2, 0) is 0 Å². The fraction of sp³-hybridized carbons (Fsp3) is 0.385. The molecule has 102 valence electrons. The molecule has 0 unspecified atom stereocenters. The Labute approximate surface area is 115 Å². The molecule has 0 aliphatic rings. The zero-order chi connectivity index (χ0) is 14.0. The summed E-state index contributed by atoms with van der Waals surface area (Å²) in [6, 6.07) is 5.43. The molecular formula is C13H16N2O3S. The third kappa shape index (κ3) is 2.69. The molecule has 0 aliphatic carbocycles. The van der Waals surface area contributed by atoms with Crippen LogP contribution in [-0.4, -0.2) is 40.3 Å². The molecule has 0 radical (unpaired) electrons. The Kier molecular flexibility index (Phi) is 3.73. The molecule has 0 aromatic carbocycles. The van der Waals surface area contributed by atoms with Crippen molar-refractivity contribution in [2.75, 3.05) is 13.7 Å². The van der Waals surface area contributed by atoms with Crippen LogP contribution >= 0.6 is 11.3 Å². The number of carbonyl (C=O) groups excluding carboxylic acids is 1. The maximum atomic E-state index is 12.2. The highest BCUT2D eigenvalue weighted by Gasteiger charge is 2.29. The van der Waals surface area contributed by atoms with Crippen molar-refractivity contribution in [1.82, 2.24) is 10.1 Å². The molecule has 5 nitrogen and oxygen atoms in total. The van der Waals surface area contributed by atoms with Crippen LogP contribution in [0.2, 0.25) is 0 Å². The van der Waals surface area contributed by atoms with Crippen LogP contribution in [0.15, 0.2) is 28.1 Å². The Balaban J connectivity index is 2.21. The molecule has 0 bridgehead atoms. The van der Waals surface area contributed by atoms with Crippen molar-refractivity contribution in [1.29, 1.82) is 0 Å². The molecular weight excluding hydrogens is 264 g/mol. The third-order valence-corrected chi connectivity index (χ3v) is 3.98. The summed E-state index contributed by atoms with van der Waals surface area (Å²) in [4.78, 5) is 14.6. The largest absolute Gasteiger partial charge is 0.394 e. The first kappa shape index (κ1) is 13.8. The lowest BCUT2D eigenvalue weighted by atomic mass is 10.0. The average molecular weight is 280 g/mol. The number of hydrogen-bond acceptors (Lipinski definition) is 5. The maximum absolute atomic E-state index is 12.2. The van der Waals surface area contributed by atoms with Crippen molar-refractivity contribution in [3.05, 3.63) is 29.3 Å². The van der Waals surface area contributed by atoms with Gasteiger partial charge in [-0.25, -0.2) is 0 Å². The lowest BCUT2D eigenvalue weighted by Gasteiger charge is -2.33. The van der Waals surface area contributed by atoms with Gasteiger partial charge in [0.05, 0.1) is 17.0 Å². The molecule has 0 aliphatic heterocycles. The van der Waals surface area contributed by atoms with Gasteiger partial charge in [-0.1, -0.05) is 11.2 Å². The van der Waals surface area contributed by atoms with Gasteiger partial charge in [-0.3, -0.25) is 4.79 Å². The molecule has 0 fully saturated rings. The van der Waals surface area contributed by atoms with E-state index in [9.17, 15) is 9.90 Å². The van der Waals surface area contributed by atoms with Gasteiger partial charge in [0.15, 0.2) is 11.5 Å². The number of carbonyl (C=O) groups is 1. The minimum Gasteiger partial charge on any atom is -0.394 e. The highest BCUT2D eigenvalue weighted by Crippen LogP contribution is 2.26. The van der Waals surface area contributed by atoms with E-state index in [4.69, 9.17) is 4.52 Å². The summed E-state index contributed by atoms with van der Waals surface area (Å²) in [6.07, 6.45) is 0. The summed E-state index contributed by atoms with van der Waals surface area (Å²) in [5.74, 6) is 0.305. The second-order valence-electron chi connectivity index (χ2n) is 4.89. The van der Waals surface area contributed by atoms with E-state index >= 15 is 0 Å². The Morgan fingerprint density at radius 3 is 2.89 bits per heavy atom. The fourth-order valence-corrected chi connectivity index (χ4v) is 2.14. The summed E-state index contributed by atoms with van der Waals surface area (Å²) >= 11 is 1.52. The summed E-state index contributed by atoms with van der Waals surface area (Å²) in [6.45, 7) is 3.45. The highest BCUT2D eigenvalue weighted by molar-refractivity contribution is 7.13. The quantitative estimate of drug-likeness (QED) is 0.932. The lowest BCUT2D eigenvalue weighted by Crippen LogP contribution is -2.47. The summed E-state index contributed by atoms with van der Waals surface area (Å²) < 4.78 is 5.18. The Morgan fingerprint density at radius 2 is 2.32 bits per heavy atom. The van der Waals surface area contributed by atoms with Gasteiger partial charge in [0, 0.05) is 13.1 Å². The zero-order valence-corrected chi connectivity index (χ0v) is 11.9. The van der Waals surface area contributed by atoms with E-state index in [0.29, 0.717) is 5.76 Å². The number of aromatic nitrogens is 1. The van der Waals surface area contributed by atoms with Gasteiger partial charge in [-0.05, 0) is 25.3 Å². The van der Waals surface area contributed by atoms with Crippen LogP contribution in [0.4, 0.5) is 0 Å².